The van der Waals surface area contributed by atoms with E-state index in [9.17, 15) is 9.59 Å². The monoisotopic (exact) mass is 238 g/mol. The van der Waals surface area contributed by atoms with Gasteiger partial charge in [-0.25, -0.2) is 15.1 Å². The summed E-state index contributed by atoms with van der Waals surface area (Å²) in [5.41, 5.74) is 3.02. The summed E-state index contributed by atoms with van der Waals surface area (Å²) in [7, 11) is 1.59. The molecule has 17 heavy (non-hydrogen) atoms. The normalized spacial score (nSPS) is 9.71. The van der Waals surface area contributed by atoms with E-state index < -0.39 is 18.6 Å². The van der Waals surface area contributed by atoms with Gasteiger partial charge in [0.2, 0.25) is 0 Å². The van der Waals surface area contributed by atoms with Crippen LogP contribution in [0.4, 0.5) is 4.79 Å². The van der Waals surface area contributed by atoms with Crippen molar-refractivity contribution in [3.8, 4) is 0 Å². The number of urea groups is 1. The molecule has 0 bridgehead atoms. The van der Waals surface area contributed by atoms with Gasteiger partial charge in [0.1, 0.15) is 0 Å². The number of carboxylic acid groups (broad SMARTS) is 1. The molecule has 0 saturated carbocycles. The van der Waals surface area contributed by atoms with Crippen molar-refractivity contribution in [2.45, 2.75) is 6.54 Å². The fourth-order valence-corrected chi connectivity index (χ4v) is 1.17. The van der Waals surface area contributed by atoms with Crippen LogP contribution < -0.4 is 5.48 Å². The van der Waals surface area contributed by atoms with E-state index in [0.717, 1.165) is 5.56 Å². The third-order valence-corrected chi connectivity index (χ3v) is 1.96. The van der Waals surface area contributed by atoms with Crippen molar-refractivity contribution in [1.29, 1.82) is 0 Å². The fraction of sp³-hybridized carbons (Fsp3) is 0.273. The van der Waals surface area contributed by atoms with E-state index in [1.54, 1.807) is 7.05 Å². The molecule has 6 nitrogen and oxygen atoms in total. The molecule has 0 saturated heterocycles. The van der Waals surface area contributed by atoms with Gasteiger partial charge in [-0.2, -0.15) is 0 Å². The lowest BCUT2D eigenvalue weighted by molar-refractivity contribution is -0.144. The predicted molar refractivity (Wildman–Crippen MR) is 60.0 cm³/mol. The molecule has 0 unspecified atom stereocenters. The molecule has 0 fully saturated rings. The Hall–Kier alpha value is -2.08. The van der Waals surface area contributed by atoms with E-state index in [1.165, 1.54) is 4.90 Å². The Morgan fingerprint density at radius 1 is 1.35 bits per heavy atom. The Labute approximate surface area is 98.8 Å². The van der Waals surface area contributed by atoms with E-state index in [4.69, 9.17) is 5.11 Å². The van der Waals surface area contributed by atoms with Crippen LogP contribution in [-0.2, 0) is 16.2 Å². The molecular weight excluding hydrogens is 224 g/mol. The maximum Gasteiger partial charge on any atom is 0.341 e. The van der Waals surface area contributed by atoms with Gasteiger partial charge in [-0.15, -0.1) is 0 Å². The van der Waals surface area contributed by atoms with Gasteiger partial charge in [0, 0.05) is 13.6 Å². The number of carboxylic acids is 1. The second-order valence-electron chi connectivity index (χ2n) is 3.43. The lowest BCUT2D eigenvalue weighted by Gasteiger charge is -2.17. The van der Waals surface area contributed by atoms with Crippen LogP contribution in [0.25, 0.3) is 0 Å². The molecule has 0 aromatic heterocycles. The van der Waals surface area contributed by atoms with E-state index in [2.05, 4.69) is 4.84 Å². The Kier molecular flexibility index (Phi) is 4.96. The zero-order valence-electron chi connectivity index (χ0n) is 9.42. The van der Waals surface area contributed by atoms with Gasteiger partial charge in [0.25, 0.3) is 0 Å². The Morgan fingerprint density at radius 2 is 2.00 bits per heavy atom. The minimum Gasteiger partial charge on any atom is -0.479 e. The van der Waals surface area contributed by atoms with Gasteiger partial charge in [-0.05, 0) is 5.56 Å². The highest BCUT2D eigenvalue weighted by Gasteiger charge is 2.09. The molecule has 6 heteroatoms. The maximum absolute atomic E-state index is 11.4. The van der Waals surface area contributed by atoms with Gasteiger partial charge in [-0.3, -0.25) is 4.84 Å². The van der Waals surface area contributed by atoms with Crippen molar-refractivity contribution < 1.29 is 19.5 Å². The van der Waals surface area contributed by atoms with Gasteiger partial charge < -0.3 is 10.0 Å². The first-order valence-electron chi connectivity index (χ1n) is 4.98. The number of hydrogen-bond acceptors (Lipinski definition) is 3. The highest BCUT2D eigenvalue weighted by molar-refractivity contribution is 5.73. The number of nitrogens with one attached hydrogen (secondary N) is 1. The summed E-state index contributed by atoms with van der Waals surface area (Å²) in [5.74, 6) is -1.14. The summed E-state index contributed by atoms with van der Waals surface area (Å²) in [6, 6.07) is 8.93. The number of hydrogen-bond donors (Lipinski definition) is 2. The first-order chi connectivity index (χ1) is 8.09. The summed E-state index contributed by atoms with van der Waals surface area (Å²) in [4.78, 5) is 27.4. The van der Waals surface area contributed by atoms with Crippen LogP contribution >= 0.6 is 0 Å². The zero-order valence-corrected chi connectivity index (χ0v) is 9.42. The van der Waals surface area contributed by atoms with Crippen LogP contribution in [0.15, 0.2) is 30.3 Å². The summed E-state index contributed by atoms with van der Waals surface area (Å²) in [5, 5.41) is 8.31. The maximum atomic E-state index is 11.4. The average molecular weight is 238 g/mol. The van der Waals surface area contributed by atoms with Gasteiger partial charge >= 0.3 is 12.0 Å². The van der Waals surface area contributed by atoms with E-state index >= 15 is 0 Å². The number of nitrogens with zero attached hydrogens (tertiary/aromatic N) is 1. The Bertz CT molecular complexity index is 380. The standard InChI is InChI=1S/C11H14N2O4/c1-13(7-9-5-3-2-4-6-9)11(16)12-17-8-10(14)15/h2-6H,7-8H2,1H3,(H,12,16)(H,14,15). The molecular formula is C11H14N2O4. The Balaban J connectivity index is 2.34. The van der Waals surface area contributed by atoms with Crippen molar-refractivity contribution in [1.82, 2.24) is 10.4 Å². The van der Waals surface area contributed by atoms with Crippen molar-refractivity contribution in [2.75, 3.05) is 13.7 Å². The van der Waals surface area contributed by atoms with E-state index in [0.29, 0.717) is 6.54 Å². The molecule has 0 spiro atoms. The lowest BCUT2D eigenvalue weighted by atomic mass is 10.2. The molecule has 0 aliphatic rings. The van der Waals surface area contributed by atoms with Crippen LogP contribution in [0.3, 0.4) is 0 Å². The number of carbonyl (C=O) groups excluding carboxylic acids is 1. The number of amides is 2. The minimum atomic E-state index is -1.14. The third kappa shape index (κ3) is 4.98. The van der Waals surface area contributed by atoms with Crippen LogP contribution in [0.5, 0.6) is 0 Å². The van der Waals surface area contributed by atoms with Crippen molar-refractivity contribution in [3.05, 3.63) is 35.9 Å². The Morgan fingerprint density at radius 3 is 2.59 bits per heavy atom. The minimum absolute atomic E-state index is 0.420. The second kappa shape index (κ2) is 6.49. The number of benzene rings is 1. The molecule has 0 atom stereocenters. The molecule has 1 aromatic rings. The molecule has 0 radical (unpaired) electrons. The zero-order chi connectivity index (χ0) is 12.7. The summed E-state index contributed by atoms with van der Waals surface area (Å²) in [6.45, 7) is -0.145. The first-order valence-corrected chi connectivity index (χ1v) is 4.98. The number of carbonyl (C=O) groups is 2. The molecule has 0 aliphatic carbocycles. The quantitative estimate of drug-likeness (QED) is 0.745. The largest absolute Gasteiger partial charge is 0.479 e. The number of hydroxylamine groups is 1. The summed E-state index contributed by atoms with van der Waals surface area (Å²) >= 11 is 0. The molecule has 0 heterocycles. The highest BCUT2D eigenvalue weighted by Crippen LogP contribution is 2.02. The second-order valence-corrected chi connectivity index (χ2v) is 3.43. The van der Waals surface area contributed by atoms with Crippen molar-refractivity contribution in [3.63, 3.8) is 0 Å². The molecule has 92 valence electrons. The number of aliphatic carboxylic acids is 1. The van der Waals surface area contributed by atoms with Gasteiger partial charge in [-0.1, -0.05) is 30.3 Å². The SMILES string of the molecule is CN(Cc1ccccc1)C(=O)NOCC(=O)O. The van der Waals surface area contributed by atoms with Crippen LogP contribution in [0, 0.1) is 0 Å². The topological polar surface area (TPSA) is 78.9 Å². The third-order valence-electron chi connectivity index (χ3n) is 1.96. The number of rotatable bonds is 5. The van der Waals surface area contributed by atoms with Crippen LogP contribution in [0.1, 0.15) is 5.56 Å². The van der Waals surface area contributed by atoms with Crippen LogP contribution in [-0.4, -0.2) is 35.7 Å². The lowest BCUT2D eigenvalue weighted by Crippen LogP contribution is -2.37. The summed E-state index contributed by atoms with van der Waals surface area (Å²) < 4.78 is 0. The molecule has 1 rings (SSSR count). The van der Waals surface area contributed by atoms with Crippen molar-refractivity contribution in [2.24, 2.45) is 0 Å². The smallest absolute Gasteiger partial charge is 0.341 e. The summed E-state index contributed by atoms with van der Waals surface area (Å²) in [6.07, 6.45) is 0. The van der Waals surface area contributed by atoms with Gasteiger partial charge in [0.15, 0.2) is 6.61 Å². The first kappa shape index (κ1) is 13.0. The van der Waals surface area contributed by atoms with E-state index in [-0.39, 0.29) is 0 Å². The fourth-order valence-electron chi connectivity index (χ4n) is 1.17. The highest BCUT2D eigenvalue weighted by atomic mass is 16.7. The molecule has 0 aliphatic heterocycles. The van der Waals surface area contributed by atoms with Gasteiger partial charge in [0.05, 0.1) is 0 Å². The molecule has 1 aromatic carbocycles. The van der Waals surface area contributed by atoms with Crippen molar-refractivity contribution >= 4 is 12.0 Å². The molecule has 2 N–H and O–H groups in total. The average Bonchev–Trinajstić information content (AvgIpc) is 2.29. The van der Waals surface area contributed by atoms with Crippen LogP contribution in [0.2, 0.25) is 0 Å². The predicted octanol–water partition coefficient (Wildman–Crippen LogP) is 0.844. The van der Waals surface area contributed by atoms with E-state index in [1.807, 2.05) is 35.8 Å². The molecule has 2 amide bonds.